The molecule has 0 saturated carbocycles. The highest BCUT2D eigenvalue weighted by molar-refractivity contribution is 5.78. The summed E-state index contributed by atoms with van der Waals surface area (Å²) in [7, 11) is 0. The predicted octanol–water partition coefficient (Wildman–Crippen LogP) is 0.122. The van der Waals surface area contributed by atoms with Gasteiger partial charge in [-0.3, -0.25) is 4.79 Å². The zero-order valence-electron chi connectivity index (χ0n) is 6.62. The molecule has 0 aromatic heterocycles. The lowest BCUT2D eigenvalue weighted by molar-refractivity contribution is -0.128. The Balaban J connectivity index is 2.55. The van der Waals surface area contributed by atoms with E-state index in [0.717, 1.165) is 6.42 Å². The minimum atomic E-state index is 0.209. The molecule has 0 aliphatic carbocycles. The Labute approximate surface area is 66.9 Å². The minimum Gasteiger partial charge on any atom is -0.335 e. The van der Waals surface area contributed by atoms with Crippen LogP contribution in [0.3, 0.4) is 0 Å². The molecule has 1 atom stereocenters. The fourth-order valence-electron chi connectivity index (χ4n) is 1.43. The summed E-state index contributed by atoms with van der Waals surface area (Å²) >= 11 is 0. The van der Waals surface area contributed by atoms with Gasteiger partial charge in [0.1, 0.15) is 0 Å². The van der Waals surface area contributed by atoms with E-state index in [4.69, 9.17) is 5.73 Å². The topological polar surface area (TPSA) is 46.3 Å². The molecule has 0 radical (unpaired) electrons. The lowest BCUT2D eigenvalue weighted by Crippen LogP contribution is -2.37. The molecule has 0 bridgehead atoms. The maximum absolute atomic E-state index is 11.2. The number of rotatable bonds is 3. The Kier molecular flexibility index (Phi) is 2.65. The predicted molar refractivity (Wildman–Crippen MR) is 44.0 cm³/mol. The van der Waals surface area contributed by atoms with Crippen LogP contribution in [0.2, 0.25) is 0 Å². The van der Waals surface area contributed by atoms with E-state index in [-0.39, 0.29) is 11.9 Å². The van der Waals surface area contributed by atoms with Crippen LogP contribution in [0.15, 0.2) is 12.7 Å². The van der Waals surface area contributed by atoms with Crippen LogP contribution < -0.4 is 5.73 Å². The van der Waals surface area contributed by atoms with Gasteiger partial charge in [0, 0.05) is 25.6 Å². The minimum absolute atomic E-state index is 0.209. The van der Waals surface area contributed by atoms with E-state index < -0.39 is 0 Å². The molecule has 0 aromatic carbocycles. The summed E-state index contributed by atoms with van der Waals surface area (Å²) < 4.78 is 0. The van der Waals surface area contributed by atoms with Crippen molar-refractivity contribution in [1.82, 2.24) is 4.90 Å². The summed E-state index contributed by atoms with van der Waals surface area (Å²) in [6.45, 7) is 4.80. The number of likely N-dealkylation sites (tertiary alicyclic amines) is 1. The molecule has 1 fully saturated rings. The Hall–Kier alpha value is -0.830. The molecule has 1 heterocycles. The van der Waals surface area contributed by atoms with Crippen LogP contribution in [-0.4, -0.2) is 29.9 Å². The van der Waals surface area contributed by atoms with Crippen LogP contribution in [0.5, 0.6) is 0 Å². The summed E-state index contributed by atoms with van der Waals surface area (Å²) in [6, 6.07) is 0.250. The fraction of sp³-hybridized carbons (Fsp3) is 0.625. The maximum Gasteiger partial charge on any atom is 0.223 e. The smallest absolute Gasteiger partial charge is 0.223 e. The van der Waals surface area contributed by atoms with E-state index in [1.165, 1.54) is 0 Å². The summed E-state index contributed by atoms with van der Waals surface area (Å²) in [5.41, 5.74) is 5.49. The van der Waals surface area contributed by atoms with Gasteiger partial charge in [-0.15, -0.1) is 6.58 Å². The summed E-state index contributed by atoms with van der Waals surface area (Å²) in [5.74, 6) is 0.209. The highest BCUT2D eigenvalue weighted by Gasteiger charge is 2.28. The van der Waals surface area contributed by atoms with Gasteiger partial charge in [0.05, 0.1) is 0 Å². The van der Waals surface area contributed by atoms with Gasteiger partial charge < -0.3 is 10.6 Å². The molecule has 62 valence electrons. The van der Waals surface area contributed by atoms with E-state index in [9.17, 15) is 4.79 Å². The van der Waals surface area contributed by atoms with Crippen molar-refractivity contribution in [2.24, 2.45) is 5.73 Å². The first-order chi connectivity index (χ1) is 5.29. The van der Waals surface area contributed by atoms with Crippen LogP contribution in [0.1, 0.15) is 12.8 Å². The number of hydrogen-bond donors (Lipinski definition) is 1. The molecule has 1 aliphatic rings. The van der Waals surface area contributed by atoms with Crippen molar-refractivity contribution < 1.29 is 4.79 Å². The quantitative estimate of drug-likeness (QED) is 0.587. The number of carbonyl (C=O) groups is 1. The van der Waals surface area contributed by atoms with E-state index in [0.29, 0.717) is 19.5 Å². The van der Waals surface area contributed by atoms with E-state index in [2.05, 4.69) is 6.58 Å². The van der Waals surface area contributed by atoms with Gasteiger partial charge in [-0.05, 0) is 6.42 Å². The molecule has 11 heavy (non-hydrogen) atoms. The van der Waals surface area contributed by atoms with Crippen molar-refractivity contribution in [3.8, 4) is 0 Å². The molecular weight excluding hydrogens is 140 g/mol. The first-order valence-electron chi connectivity index (χ1n) is 3.90. The normalized spacial score (nSPS) is 24.3. The van der Waals surface area contributed by atoms with Gasteiger partial charge in [-0.1, -0.05) is 6.08 Å². The monoisotopic (exact) mass is 154 g/mol. The second kappa shape index (κ2) is 3.53. The summed E-state index contributed by atoms with van der Waals surface area (Å²) in [6.07, 6.45) is 3.30. The molecule has 0 spiro atoms. The maximum atomic E-state index is 11.2. The molecule has 1 rings (SSSR count). The number of hydrogen-bond acceptors (Lipinski definition) is 2. The van der Waals surface area contributed by atoms with E-state index >= 15 is 0 Å². The average Bonchev–Trinajstić information content (AvgIpc) is 2.34. The highest BCUT2D eigenvalue weighted by Crippen LogP contribution is 2.16. The largest absolute Gasteiger partial charge is 0.335 e. The lowest BCUT2D eigenvalue weighted by atomic mass is 10.2. The van der Waals surface area contributed by atoms with Crippen LogP contribution in [0.4, 0.5) is 0 Å². The second-order valence-electron chi connectivity index (χ2n) is 2.76. The highest BCUT2D eigenvalue weighted by atomic mass is 16.2. The third kappa shape index (κ3) is 1.60. The van der Waals surface area contributed by atoms with Crippen molar-refractivity contribution in [3.05, 3.63) is 12.7 Å². The van der Waals surface area contributed by atoms with Gasteiger partial charge >= 0.3 is 0 Å². The van der Waals surface area contributed by atoms with Crippen LogP contribution >= 0.6 is 0 Å². The molecule has 0 aromatic rings. The standard InChI is InChI=1S/C8H14N2O/c1-2-5-10-7(6-9)3-4-8(10)11/h2,7H,1,3-6,9H2. The fourth-order valence-corrected chi connectivity index (χ4v) is 1.43. The van der Waals surface area contributed by atoms with Crippen LogP contribution in [0.25, 0.3) is 0 Å². The van der Waals surface area contributed by atoms with E-state index in [1.807, 2.05) is 0 Å². The van der Waals surface area contributed by atoms with Gasteiger partial charge in [-0.2, -0.15) is 0 Å². The van der Waals surface area contributed by atoms with E-state index in [1.54, 1.807) is 11.0 Å². The Morgan fingerprint density at radius 1 is 1.82 bits per heavy atom. The lowest BCUT2D eigenvalue weighted by Gasteiger charge is -2.21. The van der Waals surface area contributed by atoms with Gasteiger partial charge in [0.15, 0.2) is 0 Å². The molecule has 1 unspecified atom stereocenters. The molecule has 2 N–H and O–H groups in total. The van der Waals surface area contributed by atoms with Crippen molar-refractivity contribution in [2.45, 2.75) is 18.9 Å². The van der Waals surface area contributed by atoms with Crippen molar-refractivity contribution >= 4 is 5.91 Å². The third-order valence-corrected chi connectivity index (χ3v) is 2.05. The molecule has 3 heteroatoms. The van der Waals surface area contributed by atoms with Crippen molar-refractivity contribution in [2.75, 3.05) is 13.1 Å². The van der Waals surface area contributed by atoms with Crippen molar-refractivity contribution in [1.29, 1.82) is 0 Å². The molecule has 1 aliphatic heterocycles. The van der Waals surface area contributed by atoms with Crippen LogP contribution in [0, 0.1) is 0 Å². The van der Waals surface area contributed by atoms with Gasteiger partial charge in [0.2, 0.25) is 5.91 Å². The Bertz CT molecular complexity index is 167. The number of carbonyl (C=O) groups excluding carboxylic acids is 1. The Morgan fingerprint density at radius 3 is 3.09 bits per heavy atom. The second-order valence-corrected chi connectivity index (χ2v) is 2.76. The molecule has 1 amide bonds. The SMILES string of the molecule is C=CCN1C(=O)CCC1CN. The summed E-state index contributed by atoms with van der Waals surface area (Å²) in [5, 5.41) is 0. The van der Waals surface area contributed by atoms with Gasteiger partial charge in [0.25, 0.3) is 0 Å². The Morgan fingerprint density at radius 2 is 2.55 bits per heavy atom. The van der Waals surface area contributed by atoms with Crippen molar-refractivity contribution in [3.63, 3.8) is 0 Å². The third-order valence-electron chi connectivity index (χ3n) is 2.05. The summed E-state index contributed by atoms with van der Waals surface area (Å²) in [4.78, 5) is 13.0. The number of nitrogens with two attached hydrogens (primary N) is 1. The molecule has 1 saturated heterocycles. The zero-order valence-corrected chi connectivity index (χ0v) is 6.62. The average molecular weight is 154 g/mol. The van der Waals surface area contributed by atoms with Crippen LogP contribution in [-0.2, 0) is 4.79 Å². The zero-order chi connectivity index (χ0) is 8.27. The first kappa shape index (κ1) is 8.27. The molecule has 3 nitrogen and oxygen atoms in total. The molecular formula is C8H14N2O. The number of nitrogens with zero attached hydrogens (tertiary/aromatic N) is 1. The van der Waals surface area contributed by atoms with Gasteiger partial charge in [-0.25, -0.2) is 0 Å². The number of amides is 1. The first-order valence-corrected chi connectivity index (χ1v) is 3.90.